The lowest BCUT2D eigenvalue weighted by Gasteiger charge is -2.22. The molecule has 5 nitrogen and oxygen atoms in total. The van der Waals surface area contributed by atoms with Crippen LogP contribution in [0, 0.1) is 0 Å². The summed E-state index contributed by atoms with van der Waals surface area (Å²) in [7, 11) is -2.86. The van der Waals surface area contributed by atoms with E-state index in [0.717, 1.165) is 0 Å². The fourth-order valence-corrected chi connectivity index (χ4v) is 3.69. The van der Waals surface area contributed by atoms with Gasteiger partial charge in [-0.2, -0.15) is 0 Å². The zero-order valence-corrected chi connectivity index (χ0v) is 12.5. The van der Waals surface area contributed by atoms with E-state index in [1.54, 1.807) is 24.3 Å². The number of anilines is 1. The van der Waals surface area contributed by atoms with Crippen molar-refractivity contribution in [3.8, 4) is 0 Å². The Hall–Kier alpha value is -1.11. The second-order valence-electron chi connectivity index (χ2n) is 4.86. The summed E-state index contributed by atoms with van der Waals surface area (Å²) in [4.78, 5) is 11.7. The lowest BCUT2D eigenvalue weighted by atomic mass is 10.1. The maximum absolute atomic E-state index is 11.7. The molecule has 20 heavy (non-hydrogen) atoms. The van der Waals surface area contributed by atoms with Crippen LogP contribution in [0.5, 0.6) is 0 Å². The minimum Gasteiger partial charge on any atom is -0.325 e. The summed E-state index contributed by atoms with van der Waals surface area (Å²) in [5.41, 5.74) is 0.687. The number of rotatable bonds is 4. The Labute approximate surface area is 123 Å². The SMILES string of the molecule is O=C(CNC1CCS(=O)(=O)CC1)Nc1ccc(Cl)cc1. The van der Waals surface area contributed by atoms with Crippen molar-refractivity contribution in [3.05, 3.63) is 29.3 Å². The van der Waals surface area contributed by atoms with E-state index in [9.17, 15) is 13.2 Å². The van der Waals surface area contributed by atoms with Gasteiger partial charge < -0.3 is 10.6 Å². The molecule has 1 heterocycles. The monoisotopic (exact) mass is 316 g/mol. The third-order valence-electron chi connectivity index (χ3n) is 3.23. The van der Waals surface area contributed by atoms with Crippen LogP contribution in [0.4, 0.5) is 5.69 Å². The highest BCUT2D eigenvalue weighted by molar-refractivity contribution is 7.91. The number of halogens is 1. The molecule has 0 saturated carbocycles. The van der Waals surface area contributed by atoms with Crippen molar-refractivity contribution in [2.45, 2.75) is 18.9 Å². The van der Waals surface area contributed by atoms with Crippen LogP contribution in [0.3, 0.4) is 0 Å². The summed E-state index contributed by atoms with van der Waals surface area (Å²) in [6.07, 6.45) is 1.13. The highest BCUT2D eigenvalue weighted by Gasteiger charge is 2.23. The summed E-state index contributed by atoms with van der Waals surface area (Å²) < 4.78 is 22.6. The van der Waals surface area contributed by atoms with E-state index in [4.69, 9.17) is 11.6 Å². The standard InChI is InChI=1S/C13H17ClN2O3S/c14-10-1-3-12(4-2-10)16-13(17)9-15-11-5-7-20(18,19)8-6-11/h1-4,11,15H,5-9H2,(H,16,17). The fraction of sp³-hybridized carbons (Fsp3) is 0.462. The molecule has 110 valence electrons. The highest BCUT2D eigenvalue weighted by atomic mass is 35.5. The third-order valence-corrected chi connectivity index (χ3v) is 5.20. The number of carbonyl (C=O) groups excluding carboxylic acids is 1. The van der Waals surface area contributed by atoms with Gasteiger partial charge in [-0.15, -0.1) is 0 Å². The molecule has 2 rings (SSSR count). The van der Waals surface area contributed by atoms with Crippen LogP contribution in [0.25, 0.3) is 0 Å². The number of amides is 1. The predicted octanol–water partition coefficient (Wildman–Crippen LogP) is 1.45. The fourth-order valence-electron chi connectivity index (χ4n) is 2.07. The zero-order chi connectivity index (χ0) is 14.6. The molecule has 0 unspecified atom stereocenters. The first-order valence-corrected chi connectivity index (χ1v) is 8.64. The lowest BCUT2D eigenvalue weighted by molar-refractivity contribution is -0.115. The van der Waals surface area contributed by atoms with E-state index in [1.165, 1.54) is 0 Å². The lowest BCUT2D eigenvalue weighted by Crippen LogP contribution is -2.41. The largest absolute Gasteiger partial charge is 0.325 e. The van der Waals surface area contributed by atoms with Crippen LogP contribution in [0.15, 0.2) is 24.3 Å². The summed E-state index contributed by atoms with van der Waals surface area (Å²) >= 11 is 5.76. The van der Waals surface area contributed by atoms with Crippen LogP contribution in [-0.2, 0) is 14.6 Å². The first-order valence-electron chi connectivity index (χ1n) is 6.44. The third kappa shape index (κ3) is 4.77. The molecule has 1 amide bonds. The Kier molecular flexibility index (Phi) is 5.01. The van der Waals surface area contributed by atoms with Gasteiger partial charge in [-0.05, 0) is 37.1 Å². The predicted molar refractivity (Wildman–Crippen MR) is 79.8 cm³/mol. The van der Waals surface area contributed by atoms with Crippen molar-refractivity contribution < 1.29 is 13.2 Å². The Bertz CT molecular complexity index is 558. The van der Waals surface area contributed by atoms with Crippen LogP contribution in [0.1, 0.15) is 12.8 Å². The first-order chi connectivity index (χ1) is 9.44. The molecule has 1 aromatic carbocycles. The van der Waals surface area contributed by atoms with E-state index < -0.39 is 9.84 Å². The number of hydrogen-bond acceptors (Lipinski definition) is 4. The van der Waals surface area contributed by atoms with Crippen LogP contribution >= 0.6 is 11.6 Å². The zero-order valence-electron chi connectivity index (χ0n) is 10.9. The van der Waals surface area contributed by atoms with Gasteiger partial charge in [0.15, 0.2) is 0 Å². The summed E-state index contributed by atoms with van der Waals surface area (Å²) in [5, 5.41) is 6.45. The van der Waals surface area contributed by atoms with Gasteiger partial charge in [-0.3, -0.25) is 4.79 Å². The average Bonchev–Trinajstić information content (AvgIpc) is 2.40. The van der Waals surface area contributed by atoms with Gasteiger partial charge in [-0.1, -0.05) is 11.6 Å². The van der Waals surface area contributed by atoms with Crippen LogP contribution < -0.4 is 10.6 Å². The van der Waals surface area contributed by atoms with Gasteiger partial charge in [0.25, 0.3) is 0 Å². The molecule has 0 radical (unpaired) electrons. The van der Waals surface area contributed by atoms with Crippen LogP contribution in [0.2, 0.25) is 5.02 Å². The molecule has 1 aliphatic heterocycles. The molecular formula is C13H17ClN2O3S. The van der Waals surface area contributed by atoms with E-state index in [-0.39, 0.29) is 30.0 Å². The van der Waals surface area contributed by atoms with Gasteiger partial charge in [0, 0.05) is 16.8 Å². The second-order valence-corrected chi connectivity index (χ2v) is 7.60. The molecule has 1 aliphatic rings. The number of hydrogen-bond donors (Lipinski definition) is 2. The first kappa shape index (κ1) is 15.3. The minimum absolute atomic E-state index is 0.0921. The molecule has 0 bridgehead atoms. The minimum atomic E-state index is -2.86. The van der Waals surface area contributed by atoms with E-state index in [2.05, 4.69) is 10.6 Å². The highest BCUT2D eigenvalue weighted by Crippen LogP contribution is 2.14. The Morgan fingerprint density at radius 3 is 2.40 bits per heavy atom. The Morgan fingerprint density at radius 1 is 1.20 bits per heavy atom. The molecule has 0 atom stereocenters. The van der Waals surface area contributed by atoms with Gasteiger partial charge in [0.1, 0.15) is 9.84 Å². The maximum atomic E-state index is 11.7. The molecule has 1 saturated heterocycles. The van der Waals surface area contributed by atoms with Gasteiger partial charge in [0.2, 0.25) is 5.91 Å². The maximum Gasteiger partial charge on any atom is 0.238 e. The summed E-state index contributed by atoms with van der Waals surface area (Å²) in [5.74, 6) is 0.244. The topological polar surface area (TPSA) is 75.3 Å². The molecule has 0 aliphatic carbocycles. The smallest absolute Gasteiger partial charge is 0.238 e. The van der Waals surface area contributed by atoms with Gasteiger partial charge in [-0.25, -0.2) is 8.42 Å². The Balaban J connectivity index is 1.74. The number of nitrogens with one attached hydrogen (secondary N) is 2. The van der Waals surface area contributed by atoms with Crippen molar-refractivity contribution in [1.82, 2.24) is 5.32 Å². The quantitative estimate of drug-likeness (QED) is 0.881. The molecular weight excluding hydrogens is 300 g/mol. The number of sulfone groups is 1. The second kappa shape index (κ2) is 6.56. The van der Waals surface area contributed by atoms with Crippen LogP contribution in [-0.4, -0.2) is 38.4 Å². The normalized spacial score (nSPS) is 18.6. The summed E-state index contributed by atoms with van der Waals surface area (Å²) in [6, 6.07) is 6.96. The van der Waals surface area contributed by atoms with E-state index in [1.807, 2.05) is 0 Å². The molecule has 0 spiro atoms. The van der Waals surface area contributed by atoms with Crippen molar-refractivity contribution in [3.63, 3.8) is 0 Å². The van der Waals surface area contributed by atoms with E-state index >= 15 is 0 Å². The Morgan fingerprint density at radius 2 is 1.80 bits per heavy atom. The molecule has 1 aromatic rings. The van der Waals surface area contributed by atoms with E-state index in [0.29, 0.717) is 23.6 Å². The van der Waals surface area contributed by atoms with Crippen molar-refractivity contribution in [2.24, 2.45) is 0 Å². The van der Waals surface area contributed by atoms with Crippen molar-refractivity contribution in [1.29, 1.82) is 0 Å². The molecule has 0 aromatic heterocycles. The van der Waals surface area contributed by atoms with Crippen molar-refractivity contribution in [2.75, 3.05) is 23.4 Å². The number of carbonyl (C=O) groups is 1. The number of benzene rings is 1. The summed E-state index contributed by atoms with van der Waals surface area (Å²) in [6.45, 7) is 0.174. The van der Waals surface area contributed by atoms with Gasteiger partial charge >= 0.3 is 0 Å². The average molecular weight is 317 g/mol. The van der Waals surface area contributed by atoms with Gasteiger partial charge in [0.05, 0.1) is 18.1 Å². The molecule has 1 fully saturated rings. The van der Waals surface area contributed by atoms with Crippen molar-refractivity contribution >= 4 is 33.0 Å². The molecule has 2 N–H and O–H groups in total. The molecule has 7 heteroatoms.